The fourth-order valence-corrected chi connectivity index (χ4v) is 3.73. The first-order valence-corrected chi connectivity index (χ1v) is 9.56. The minimum atomic E-state index is 0.0716. The van der Waals surface area contributed by atoms with E-state index in [0.717, 1.165) is 55.8 Å². The Morgan fingerprint density at radius 2 is 2.19 bits per heavy atom. The van der Waals surface area contributed by atoms with Crippen LogP contribution in [0.2, 0.25) is 0 Å². The van der Waals surface area contributed by atoms with Crippen molar-refractivity contribution in [1.29, 1.82) is 0 Å². The van der Waals surface area contributed by atoms with Crippen LogP contribution in [0.4, 0.5) is 4.79 Å². The van der Waals surface area contributed by atoms with E-state index < -0.39 is 0 Å². The van der Waals surface area contributed by atoms with Crippen LogP contribution >= 0.6 is 0 Å². The Hall–Kier alpha value is -2.08. The van der Waals surface area contributed by atoms with Gasteiger partial charge in [-0.3, -0.25) is 0 Å². The standard InChI is InChI=1S/C20H31N5O/c1-14-7-8-17-19(15(14)2)23-18(22-17)6-5-10-21-20(26)25-11-9-16(13-25)12-24(3)4/h7-8,16H,5-6,9-13H2,1-4H3,(H,21,26)(H,22,23)/t16-/m1/s1. The summed E-state index contributed by atoms with van der Waals surface area (Å²) in [6.07, 6.45) is 2.83. The van der Waals surface area contributed by atoms with Gasteiger partial charge in [-0.2, -0.15) is 0 Å². The molecule has 1 fully saturated rings. The van der Waals surface area contributed by atoms with Gasteiger partial charge in [0, 0.05) is 32.6 Å². The average Bonchev–Trinajstić information content (AvgIpc) is 3.21. The van der Waals surface area contributed by atoms with Crippen LogP contribution in [0, 0.1) is 19.8 Å². The number of H-pyrrole nitrogens is 1. The van der Waals surface area contributed by atoms with Gasteiger partial charge in [0.25, 0.3) is 0 Å². The van der Waals surface area contributed by atoms with Crippen LogP contribution in [-0.4, -0.2) is 66.1 Å². The van der Waals surface area contributed by atoms with E-state index in [2.05, 4.69) is 55.3 Å². The number of imidazole rings is 1. The van der Waals surface area contributed by atoms with Crippen LogP contribution < -0.4 is 5.32 Å². The molecule has 1 saturated heterocycles. The number of hydrogen-bond donors (Lipinski definition) is 2. The molecule has 1 aliphatic rings. The third-order valence-electron chi connectivity index (χ3n) is 5.29. The number of carbonyl (C=O) groups excluding carboxylic acids is 1. The number of likely N-dealkylation sites (tertiary alicyclic amines) is 1. The molecular formula is C20H31N5O. The maximum absolute atomic E-state index is 12.3. The lowest BCUT2D eigenvalue weighted by Crippen LogP contribution is -2.39. The van der Waals surface area contributed by atoms with Gasteiger partial charge in [-0.05, 0) is 63.9 Å². The normalized spacial score (nSPS) is 17.4. The zero-order valence-electron chi connectivity index (χ0n) is 16.4. The Labute approximate surface area is 156 Å². The monoisotopic (exact) mass is 357 g/mol. The Balaban J connectivity index is 1.43. The van der Waals surface area contributed by atoms with Gasteiger partial charge >= 0.3 is 6.03 Å². The number of fused-ring (bicyclic) bond motifs is 1. The molecule has 2 heterocycles. The van der Waals surface area contributed by atoms with Gasteiger partial charge in [-0.25, -0.2) is 9.78 Å². The van der Waals surface area contributed by atoms with Crippen molar-refractivity contribution in [3.05, 3.63) is 29.1 Å². The number of aryl methyl sites for hydroxylation is 3. The number of aromatic amines is 1. The number of aromatic nitrogens is 2. The van der Waals surface area contributed by atoms with Crippen LogP contribution in [-0.2, 0) is 6.42 Å². The van der Waals surface area contributed by atoms with Gasteiger partial charge in [-0.1, -0.05) is 6.07 Å². The first-order chi connectivity index (χ1) is 12.4. The molecule has 1 atom stereocenters. The maximum Gasteiger partial charge on any atom is 0.317 e. The highest BCUT2D eigenvalue weighted by Crippen LogP contribution is 2.20. The molecule has 0 radical (unpaired) electrons. The van der Waals surface area contributed by atoms with Gasteiger partial charge in [-0.15, -0.1) is 0 Å². The van der Waals surface area contributed by atoms with Crippen molar-refractivity contribution in [2.45, 2.75) is 33.1 Å². The first kappa shape index (κ1) is 18.7. The maximum atomic E-state index is 12.3. The van der Waals surface area contributed by atoms with Gasteiger partial charge < -0.3 is 20.1 Å². The third kappa shape index (κ3) is 4.36. The molecule has 0 unspecified atom stereocenters. The summed E-state index contributed by atoms with van der Waals surface area (Å²) in [5, 5.41) is 3.05. The minimum absolute atomic E-state index is 0.0716. The van der Waals surface area contributed by atoms with Crippen LogP contribution in [0.3, 0.4) is 0 Å². The predicted octanol–water partition coefficient (Wildman–Crippen LogP) is 2.71. The fourth-order valence-electron chi connectivity index (χ4n) is 3.73. The molecule has 0 saturated carbocycles. The molecule has 2 N–H and O–H groups in total. The number of rotatable bonds is 6. The third-order valence-corrected chi connectivity index (χ3v) is 5.29. The van der Waals surface area contributed by atoms with E-state index >= 15 is 0 Å². The van der Waals surface area contributed by atoms with Crippen molar-refractivity contribution in [3.8, 4) is 0 Å². The second-order valence-corrected chi connectivity index (χ2v) is 7.79. The van der Waals surface area contributed by atoms with Crippen molar-refractivity contribution in [2.75, 3.05) is 40.3 Å². The van der Waals surface area contributed by atoms with E-state index in [4.69, 9.17) is 4.98 Å². The number of amides is 2. The molecule has 6 nitrogen and oxygen atoms in total. The summed E-state index contributed by atoms with van der Waals surface area (Å²) >= 11 is 0. The molecule has 1 aromatic carbocycles. The molecule has 26 heavy (non-hydrogen) atoms. The summed E-state index contributed by atoms with van der Waals surface area (Å²) in [6, 6.07) is 4.29. The second-order valence-electron chi connectivity index (χ2n) is 7.79. The molecule has 6 heteroatoms. The van der Waals surface area contributed by atoms with Gasteiger partial charge in [0.05, 0.1) is 11.0 Å². The summed E-state index contributed by atoms with van der Waals surface area (Å²) in [6.45, 7) is 7.69. The van der Waals surface area contributed by atoms with Crippen molar-refractivity contribution < 1.29 is 4.79 Å². The van der Waals surface area contributed by atoms with Gasteiger partial charge in [0.2, 0.25) is 0 Å². The average molecular weight is 358 g/mol. The molecule has 1 aromatic heterocycles. The lowest BCUT2D eigenvalue weighted by Gasteiger charge is -2.19. The molecule has 1 aliphatic heterocycles. The van der Waals surface area contributed by atoms with E-state index in [-0.39, 0.29) is 6.03 Å². The van der Waals surface area contributed by atoms with E-state index in [1.807, 2.05) is 4.90 Å². The topological polar surface area (TPSA) is 64.3 Å². The molecular weight excluding hydrogens is 326 g/mol. The van der Waals surface area contributed by atoms with Crippen LogP contribution in [0.5, 0.6) is 0 Å². The highest BCUT2D eigenvalue weighted by molar-refractivity contribution is 5.79. The predicted molar refractivity (Wildman–Crippen MR) is 106 cm³/mol. The Bertz CT molecular complexity index is 767. The number of benzene rings is 1. The van der Waals surface area contributed by atoms with Crippen molar-refractivity contribution >= 4 is 17.1 Å². The van der Waals surface area contributed by atoms with E-state index in [9.17, 15) is 4.79 Å². The molecule has 3 rings (SSSR count). The summed E-state index contributed by atoms with van der Waals surface area (Å²) in [7, 11) is 4.17. The minimum Gasteiger partial charge on any atom is -0.342 e. The van der Waals surface area contributed by atoms with E-state index in [0.29, 0.717) is 12.5 Å². The lowest BCUT2D eigenvalue weighted by atomic mass is 10.1. The van der Waals surface area contributed by atoms with Gasteiger partial charge in [0.15, 0.2) is 0 Å². The SMILES string of the molecule is Cc1ccc2[nH]c(CCCNC(=O)N3CC[C@H](CN(C)C)C3)nc2c1C. The zero-order valence-corrected chi connectivity index (χ0v) is 16.4. The van der Waals surface area contributed by atoms with E-state index in [1.165, 1.54) is 11.1 Å². The van der Waals surface area contributed by atoms with Crippen molar-refractivity contribution in [2.24, 2.45) is 5.92 Å². The number of urea groups is 1. The van der Waals surface area contributed by atoms with Crippen LogP contribution in [0.1, 0.15) is 29.8 Å². The van der Waals surface area contributed by atoms with Gasteiger partial charge in [0.1, 0.15) is 5.82 Å². The highest BCUT2D eigenvalue weighted by atomic mass is 16.2. The highest BCUT2D eigenvalue weighted by Gasteiger charge is 2.26. The smallest absolute Gasteiger partial charge is 0.317 e. The first-order valence-electron chi connectivity index (χ1n) is 9.56. The van der Waals surface area contributed by atoms with E-state index in [1.54, 1.807) is 0 Å². The molecule has 2 aromatic rings. The number of hydrogen-bond acceptors (Lipinski definition) is 3. The summed E-state index contributed by atoms with van der Waals surface area (Å²) in [5.74, 6) is 1.59. The lowest BCUT2D eigenvalue weighted by molar-refractivity contribution is 0.205. The van der Waals surface area contributed by atoms with Crippen LogP contribution in [0.25, 0.3) is 11.0 Å². The largest absolute Gasteiger partial charge is 0.342 e. The Morgan fingerprint density at radius 1 is 1.38 bits per heavy atom. The van der Waals surface area contributed by atoms with Crippen molar-refractivity contribution in [1.82, 2.24) is 25.1 Å². The summed E-state index contributed by atoms with van der Waals surface area (Å²) in [5.41, 5.74) is 4.66. The van der Waals surface area contributed by atoms with Crippen molar-refractivity contribution in [3.63, 3.8) is 0 Å². The van der Waals surface area contributed by atoms with Crippen LogP contribution in [0.15, 0.2) is 12.1 Å². The Morgan fingerprint density at radius 3 is 2.96 bits per heavy atom. The second kappa shape index (κ2) is 8.08. The zero-order chi connectivity index (χ0) is 18.7. The fraction of sp³-hybridized carbons (Fsp3) is 0.600. The number of carbonyl (C=O) groups is 1. The molecule has 2 amide bonds. The summed E-state index contributed by atoms with van der Waals surface area (Å²) < 4.78 is 0. The molecule has 0 aliphatic carbocycles. The molecule has 142 valence electrons. The quantitative estimate of drug-likeness (QED) is 0.781. The molecule has 0 bridgehead atoms. The molecule has 0 spiro atoms. The summed E-state index contributed by atoms with van der Waals surface area (Å²) in [4.78, 5) is 24.5. The number of nitrogens with zero attached hydrogens (tertiary/aromatic N) is 3. The number of nitrogens with one attached hydrogen (secondary N) is 2. The Kier molecular flexibility index (Phi) is 5.81.